The van der Waals surface area contributed by atoms with Crippen molar-refractivity contribution in [2.45, 2.75) is 38.1 Å². The number of fused-ring (bicyclic) bond motifs is 2. The summed E-state index contributed by atoms with van der Waals surface area (Å²) in [6, 6.07) is 15.9. The summed E-state index contributed by atoms with van der Waals surface area (Å²) < 4.78 is 0. The number of likely N-dealkylation sites (tertiary alicyclic amines) is 1. The molecule has 0 bridgehead atoms. The zero-order valence-electron chi connectivity index (χ0n) is 23.9. The second-order valence-corrected chi connectivity index (χ2v) is 11.4. The standard InChI is InChI=1S/C26H37N5O2.C6H5Cl/c1-5-11-30-17-19(25(32)31(26(33)27-6-2)13-8-12-29(3)4)14-21-20-9-7-10-22-24(20)18(16-28-22)15-23(21)30;7-6-4-2-1-3-5-6/h5,7,9-10,16,19,21,23,28H,1,6,8,11-15,17H2,2-4H3,(H,27,33);1-5H/t19-,21-,23-;/m1./s1. The van der Waals surface area contributed by atoms with Gasteiger partial charge in [0.25, 0.3) is 0 Å². The van der Waals surface area contributed by atoms with Gasteiger partial charge in [-0.3, -0.25) is 14.6 Å². The number of piperidine rings is 1. The van der Waals surface area contributed by atoms with Gasteiger partial charge in [-0.1, -0.05) is 48.0 Å². The summed E-state index contributed by atoms with van der Waals surface area (Å²) in [5.74, 6) is -0.0133. The van der Waals surface area contributed by atoms with Crippen LogP contribution < -0.4 is 5.32 Å². The molecule has 3 atom stereocenters. The fourth-order valence-corrected chi connectivity index (χ4v) is 6.24. The van der Waals surface area contributed by atoms with Crippen LogP contribution >= 0.6 is 11.6 Å². The minimum Gasteiger partial charge on any atom is -0.361 e. The van der Waals surface area contributed by atoms with Crippen LogP contribution in [0.1, 0.15) is 36.8 Å². The van der Waals surface area contributed by atoms with Gasteiger partial charge in [0.05, 0.1) is 5.92 Å². The normalized spacial score (nSPS) is 19.9. The molecule has 1 fully saturated rings. The van der Waals surface area contributed by atoms with E-state index < -0.39 is 0 Å². The molecule has 1 aromatic heterocycles. The number of urea groups is 1. The van der Waals surface area contributed by atoms with Gasteiger partial charge in [-0.15, -0.1) is 6.58 Å². The number of benzene rings is 2. The zero-order chi connectivity index (χ0) is 28.6. The third-order valence-corrected chi connectivity index (χ3v) is 8.10. The van der Waals surface area contributed by atoms with Crippen molar-refractivity contribution in [2.75, 3.05) is 46.8 Å². The molecule has 3 amide bonds. The second-order valence-electron chi connectivity index (χ2n) is 10.9. The lowest BCUT2D eigenvalue weighted by Gasteiger charge is -2.47. The highest BCUT2D eigenvalue weighted by molar-refractivity contribution is 6.30. The van der Waals surface area contributed by atoms with Gasteiger partial charge < -0.3 is 15.2 Å². The number of carbonyl (C=O) groups is 2. The number of rotatable bonds is 8. The molecule has 0 unspecified atom stereocenters. The number of carbonyl (C=O) groups excluding carboxylic acids is 2. The average Bonchev–Trinajstić information content (AvgIpc) is 3.36. The van der Waals surface area contributed by atoms with E-state index in [9.17, 15) is 9.59 Å². The molecule has 0 saturated carbocycles. The van der Waals surface area contributed by atoms with Crippen molar-refractivity contribution in [3.63, 3.8) is 0 Å². The number of aromatic amines is 1. The minimum atomic E-state index is -0.280. The Kier molecular flexibility index (Phi) is 10.4. The lowest BCUT2D eigenvalue weighted by molar-refractivity contribution is -0.135. The van der Waals surface area contributed by atoms with E-state index in [0.717, 1.165) is 42.9 Å². The van der Waals surface area contributed by atoms with Crippen LogP contribution in [-0.4, -0.2) is 84.5 Å². The first-order valence-electron chi connectivity index (χ1n) is 14.2. The van der Waals surface area contributed by atoms with E-state index in [1.807, 2.05) is 57.4 Å². The van der Waals surface area contributed by atoms with Crippen LogP contribution in [0.5, 0.6) is 0 Å². The largest absolute Gasteiger partial charge is 0.361 e. The lowest BCUT2D eigenvalue weighted by atomic mass is 9.72. The van der Waals surface area contributed by atoms with Crippen molar-refractivity contribution < 1.29 is 9.59 Å². The highest BCUT2D eigenvalue weighted by Gasteiger charge is 2.43. The highest BCUT2D eigenvalue weighted by Crippen LogP contribution is 2.45. The first-order chi connectivity index (χ1) is 19.3. The Morgan fingerprint density at radius 1 is 1.15 bits per heavy atom. The maximum atomic E-state index is 13.7. The van der Waals surface area contributed by atoms with Crippen LogP contribution in [0.25, 0.3) is 10.9 Å². The first kappa shape index (κ1) is 29.8. The van der Waals surface area contributed by atoms with Crippen molar-refractivity contribution in [1.29, 1.82) is 0 Å². The fraction of sp³-hybridized carbons (Fsp3) is 0.438. The molecular weight excluding hydrogens is 522 g/mol. The maximum Gasteiger partial charge on any atom is 0.324 e. The summed E-state index contributed by atoms with van der Waals surface area (Å²) >= 11 is 5.54. The van der Waals surface area contributed by atoms with Crippen LogP contribution in [0.15, 0.2) is 67.4 Å². The number of H-pyrrole nitrogens is 1. The molecule has 3 aromatic rings. The molecule has 5 rings (SSSR count). The molecule has 40 heavy (non-hydrogen) atoms. The summed E-state index contributed by atoms with van der Waals surface area (Å²) in [4.78, 5) is 35.9. The number of imide groups is 1. The van der Waals surface area contributed by atoms with Gasteiger partial charge in [0.15, 0.2) is 0 Å². The van der Waals surface area contributed by atoms with Gasteiger partial charge in [-0.2, -0.15) is 0 Å². The molecule has 2 aliphatic rings. The van der Waals surface area contributed by atoms with Crippen LogP contribution in [-0.2, 0) is 11.2 Å². The van der Waals surface area contributed by atoms with Gasteiger partial charge in [-0.05, 0) is 76.2 Å². The van der Waals surface area contributed by atoms with Gasteiger partial charge in [0.1, 0.15) is 0 Å². The average molecular weight is 564 g/mol. The number of aromatic nitrogens is 1. The Balaban J connectivity index is 0.000000461. The van der Waals surface area contributed by atoms with Crippen molar-refractivity contribution in [1.82, 2.24) is 25.0 Å². The monoisotopic (exact) mass is 563 g/mol. The molecule has 214 valence electrons. The molecule has 7 nitrogen and oxygen atoms in total. The molecule has 1 aliphatic heterocycles. The third-order valence-electron chi connectivity index (χ3n) is 7.85. The molecule has 2 heterocycles. The molecule has 0 radical (unpaired) electrons. The van der Waals surface area contributed by atoms with Crippen LogP contribution in [0.2, 0.25) is 5.02 Å². The number of hydrogen-bond acceptors (Lipinski definition) is 4. The van der Waals surface area contributed by atoms with E-state index in [1.54, 1.807) is 0 Å². The summed E-state index contributed by atoms with van der Waals surface area (Å²) in [5.41, 5.74) is 3.84. The number of hydrogen-bond donors (Lipinski definition) is 2. The predicted octanol–water partition coefficient (Wildman–Crippen LogP) is 5.53. The molecule has 0 spiro atoms. The van der Waals surface area contributed by atoms with Crippen LogP contribution in [0.3, 0.4) is 0 Å². The minimum absolute atomic E-state index is 0.0562. The van der Waals surface area contributed by atoms with Gasteiger partial charge in [0, 0.05) is 60.3 Å². The quantitative estimate of drug-likeness (QED) is 0.353. The van der Waals surface area contributed by atoms with Gasteiger partial charge in [0.2, 0.25) is 5.91 Å². The van der Waals surface area contributed by atoms with Crippen LogP contribution in [0.4, 0.5) is 4.79 Å². The Labute approximate surface area is 243 Å². The Morgan fingerprint density at radius 3 is 2.58 bits per heavy atom. The van der Waals surface area contributed by atoms with E-state index in [0.29, 0.717) is 25.7 Å². The summed E-state index contributed by atoms with van der Waals surface area (Å²) in [7, 11) is 4.01. The smallest absolute Gasteiger partial charge is 0.324 e. The van der Waals surface area contributed by atoms with E-state index in [2.05, 4.69) is 51.1 Å². The summed E-state index contributed by atoms with van der Waals surface area (Å²) in [6.07, 6.45) is 6.56. The van der Waals surface area contributed by atoms with E-state index >= 15 is 0 Å². The molecule has 2 N–H and O–H groups in total. The second kappa shape index (κ2) is 14.0. The van der Waals surface area contributed by atoms with Crippen molar-refractivity contribution in [3.05, 3.63) is 83.5 Å². The highest BCUT2D eigenvalue weighted by atomic mass is 35.5. The van der Waals surface area contributed by atoms with Crippen molar-refractivity contribution in [3.8, 4) is 0 Å². The van der Waals surface area contributed by atoms with E-state index in [-0.39, 0.29) is 23.8 Å². The number of nitrogens with zero attached hydrogens (tertiary/aromatic N) is 3. The molecule has 8 heteroatoms. The van der Waals surface area contributed by atoms with E-state index in [1.165, 1.54) is 21.4 Å². The third kappa shape index (κ3) is 6.95. The Morgan fingerprint density at radius 2 is 1.93 bits per heavy atom. The Hall–Kier alpha value is -3.13. The SMILES string of the molecule is C=CCN1C[C@H](C(=O)N(CCCN(C)C)C(=O)NCC)C[C@@H]2c3cccc4[nH]cc(c34)C[C@H]21.Clc1ccccc1. The fourth-order valence-electron chi connectivity index (χ4n) is 6.09. The zero-order valence-corrected chi connectivity index (χ0v) is 24.7. The van der Waals surface area contributed by atoms with Gasteiger partial charge in [-0.25, -0.2) is 4.79 Å². The lowest BCUT2D eigenvalue weighted by Crippen LogP contribution is -2.55. The summed E-state index contributed by atoms with van der Waals surface area (Å²) in [6.45, 7) is 9.02. The van der Waals surface area contributed by atoms with Crippen LogP contribution in [0, 0.1) is 5.92 Å². The maximum absolute atomic E-state index is 13.7. The van der Waals surface area contributed by atoms with E-state index in [4.69, 9.17) is 11.6 Å². The Bertz CT molecular complexity index is 1290. The molecule has 1 aliphatic carbocycles. The predicted molar refractivity (Wildman–Crippen MR) is 164 cm³/mol. The molecule has 1 saturated heterocycles. The number of nitrogens with one attached hydrogen (secondary N) is 2. The van der Waals surface area contributed by atoms with Crippen molar-refractivity contribution in [2.24, 2.45) is 5.92 Å². The molecule has 2 aromatic carbocycles. The molecular formula is C32H42ClN5O2. The van der Waals surface area contributed by atoms with Crippen molar-refractivity contribution >= 4 is 34.4 Å². The number of amides is 3. The number of halogens is 1. The van der Waals surface area contributed by atoms with Gasteiger partial charge >= 0.3 is 6.03 Å². The topological polar surface area (TPSA) is 71.7 Å². The summed E-state index contributed by atoms with van der Waals surface area (Å²) in [5, 5.41) is 4.95. The first-order valence-corrected chi connectivity index (χ1v) is 14.6.